The lowest BCUT2D eigenvalue weighted by Crippen LogP contribution is -2.38. The van der Waals surface area contributed by atoms with E-state index < -0.39 is 0 Å². The Hall–Kier alpha value is -0.610. The van der Waals surface area contributed by atoms with E-state index in [1.807, 2.05) is 0 Å². The Bertz CT molecular complexity index is 258. The maximum Gasteiger partial charge on any atom is 0.221 e. The van der Waals surface area contributed by atoms with Crippen LogP contribution < -0.4 is 10.6 Å². The SMILES string of the molecule is CC1(CNCCC(=O)NC2CC2)CCOCC1. The molecular weight excluding hydrogens is 216 g/mol. The lowest BCUT2D eigenvalue weighted by Gasteiger charge is -2.33. The Balaban J connectivity index is 1.53. The summed E-state index contributed by atoms with van der Waals surface area (Å²) >= 11 is 0. The van der Waals surface area contributed by atoms with Gasteiger partial charge in [-0.3, -0.25) is 4.79 Å². The molecule has 2 N–H and O–H groups in total. The van der Waals surface area contributed by atoms with Gasteiger partial charge in [0.25, 0.3) is 0 Å². The molecule has 2 aliphatic rings. The first-order valence-electron chi connectivity index (χ1n) is 6.76. The van der Waals surface area contributed by atoms with Crippen LogP contribution in [0.5, 0.6) is 0 Å². The zero-order valence-corrected chi connectivity index (χ0v) is 10.8. The molecule has 4 heteroatoms. The molecule has 1 heterocycles. The van der Waals surface area contributed by atoms with Gasteiger partial charge in [0, 0.05) is 38.8 Å². The highest BCUT2D eigenvalue weighted by molar-refractivity contribution is 5.76. The minimum absolute atomic E-state index is 0.192. The van der Waals surface area contributed by atoms with Crippen LogP contribution in [0, 0.1) is 5.41 Å². The van der Waals surface area contributed by atoms with Gasteiger partial charge in [-0.2, -0.15) is 0 Å². The second kappa shape index (κ2) is 5.83. The zero-order chi connectivity index (χ0) is 12.1. The Morgan fingerprint density at radius 1 is 1.35 bits per heavy atom. The molecule has 0 spiro atoms. The van der Waals surface area contributed by atoms with Crippen molar-refractivity contribution < 1.29 is 9.53 Å². The van der Waals surface area contributed by atoms with E-state index >= 15 is 0 Å². The van der Waals surface area contributed by atoms with Gasteiger partial charge < -0.3 is 15.4 Å². The molecule has 1 aliphatic carbocycles. The molecular formula is C13H24N2O2. The summed E-state index contributed by atoms with van der Waals surface area (Å²) in [4.78, 5) is 11.5. The molecule has 17 heavy (non-hydrogen) atoms. The molecule has 0 bridgehead atoms. The van der Waals surface area contributed by atoms with Gasteiger partial charge in [0.05, 0.1) is 0 Å². The minimum atomic E-state index is 0.192. The van der Waals surface area contributed by atoms with Crippen LogP contribution in [0.15, 0.2) is 0 Å². The van der Waals surface area contributed by atoms with Gasteiger partial charge in [-0.1, -0.05) is 6.92 Å². The van der Waals surface area contributed by atoms with Gasteiger partial charge in [0.1, 0.15) is 0 Å². The van der Waals surface area contributed by atoms with Gasteiger partial charge in [-0.25, -0.2) is 0 Å². The van der Waals surface area contributed by atoms with Gasteiger partial charge >= 0.3 is 0 Å². The highest BCUT2D eigenvalue weighted by atomic mass is 16.5. The number of nitrogens with one attached hydrogen (secondary N) is 2. The van der Waals surface area contributed by atoms with Gasteiger partial charge in [0.15, 0.2) is 0 Å². The summed E-state index contributed by atoms with van der Waals surface area (Å²) in [5.74, 6) is 0.192. The Morgan fingerprint density at radius 2 is 2.06 bits per heavy atom. The zero-order valence-electron chi connectivity index (χ0n) is 10.8. The highest BCUT2D eigenvalue weighted by Crippen LogP contribution is 2.28. The number of carbonyl (C=O) groups is 1. The van der Waals surface area contributed by atoms with E-state index in [0.717, 1.165) is 52.0 Å². The monoisotopic (exact) mass is 240 g/mol. The third-order valence-corrected chi connectivity index (χ3v) is 3.72. The summed E-state index contributed by atoms with van der Waals surface area (Å²) in [6.07, 6.45) is 5.17. The van der Waals surface area contributed by atoms with E-state index in [2.05, 4.69) is 17.6 Å². The minimum Gasteiger partial charge on any atom is -0.381 e. The van der Waals surface area contributed by atoms with E-state index in [4.69, 9.17) is 4.74 Å². The number of hydrogen-bond donors (Lipinski definition) is 2. The summed E-state index contributed by atoms with van der Waals surface area (Å²) in [5, 5.41) is 6.41. The first-order chi connectivity index (χ1) is 8.18. The predicted octanol–water partition coefficient (Wildman–Crippen LogP) is 1.06. The molecule has 0 aromatic carbocycles. The molecule has 1 saturated heterocycles. The molecule has 1 aliphatic heterocycles. The molecule has 2 fully saturated rings. The first-order valence-corrected chi connectivity index (χ1v) is 6.76. The van der Waals surface area contributed by atoms with Crippen LogP contribution in [0.1, 0.15) is 39.0 Å². The van der Waals surface area contributed by atoms with Crippen LogP contribution in [-0.2, 0) is 9.53 Å². The van der Waals surface area contributed by atoms with Gasteiger partial charge in [-0.05, 0) is 31.1 Å². The third kappa shape index (κ3) is 4.64. The summed E-state index contributed by atoms with van der Waals surface area (Å²) in [6, 6.07) is 0.482. The molecule has 0 radical (unpaired) electrons. The predicted molar refractivity (Wildman–Crippen MR) is 66.8 cm³/mol. The number of ether oxygens (including phenoxy) is 1. The number of carbonyl (C=O) groups excluding carboxylic acids is 1. The first kappa shape index (κ1) is 12.8. The van der Waals surface area contributed by atoms with Crippen molar-refractivity contribution >= 4 is 5.91 Å². The molecule has 0 atom stereocenters. The van der Waals surface area contributed by atoms with Crippen LogP contribution in [0.2, 0.25) is 0 Å². The number of hydrogen-bond acceptors (Lipinski definition) is 3. The van der Waals surface area contributed by atoms with Crippen molar-refractivity contribution in [2.24, 2.45) is 5.41 Å². The second-order valence-electron chi connectivity index (χ2n) is 5.69. The Kier molecular flexibility index (Phi) is 4.40. The van der Waals surface area contributed by atoms with Crippen LogP contribution in [0.3, 0.4) is 0 Å². The molecule has 0 aromatic rings. The average Bonchev–Trinajstić information content (AvgIpc) is 3.09. The van der Waals surface area contributed by atoms with Crippen molar-refractivity contribution in [3.05, 3.63) is 0 Å². The van der Waals surface area contributed by atoms with Crippen molar-refractivity contribution in [3.8, 4) is 0 Å². The second-order valence-corrected chi connectivity index (χ2v) is 5.69. The molecule has 0 aromatic heterocycles. The van der Waals surface area contributed by atoms with Gasteiger partial charge in [-0.15, -0.1) is 0 Å². The smallest absolute Gasteiger partial charge is 0.221 e. The van der Waals surface area contributed by atoms with Crippen molar-refractivity contribution in [1.29, 1.82) is 0 Å². The van der Waals surface area contributed by atoms with E-state index in [1.54, 1.807) is 0 Å². The summed E-state index contributed by atoms with van der Waals surface area (Å²) in [6.45, 7) is 5.83. The third-order valence-electron chi connectivity index (χ3n) is 3.72. The fraction of sp³-hybridized carbons (Fsp3) is 0.923. The molecule has 4 nitrogen and oxygen atoms in total. The quantitative estimate of drug-likeness (QED) is 0.683. The van der Waals surface area contributed by atoms with E-state index in [-0.39, 0.29) is 5.91 Å². The van der Waals surface area contributed by atoms with E-state index in [1.165, 1.54) is 0 Å². The Labute approximate surface area is 103 Å². The number of rotatable bonds is 6. The lowest BCUT2D eigenvalue weighted by molar-refractivity contribution is -0.121. The highest BCUT2D eigenvalue weighted by Gasteiger charge is 2.27. The number of amides is 1. The summed E-state index contributed by atoms with van der Waals surface area (Å²) in [7, 11) is 0. The fourth-order valence-corrected chi connectivity index (χ4v) is 2.16. The van der Waals surface area contributed by atoms with Gasteiger partial charge in [0.2, 0.25) is 5.91 Å². The largest absolute Gasteiger partial charge is 0.381 e. The van der Waals surface area contributed by atoms with E-state index in [0.29, 0.717) is 17.9 Å². The molecule has 98 valence electrons. The van der Waals surface area contributed by atoms with Crippen LogP contribution in [0.4, 0.5) is 0 Å². The fourth-order valence-electron chi connectivity index (χ4n) is 2.16. The average molecular weight is 240 g/mol. The summed E-state index contributed by atoms with van der Waals surface area (Å²) in [5.41, 5.74) is 0.352. The van der Waals surface area contributed by atoms with Crippen molar-refractivity contribution in [2.45, 2.75) is 45.1 Å². The normalized spacial score (nSPS) is 23.4. The topological polar surface area (TPSA) is 50.4 Å². The van der Waals surface area contributed by atoms with Crippen LogP contribution in [-0.4, -0.2) is 38.3 Å². The molecule has 1 saturated carbocycles. The molecule has 0 unspecified atom stereocenters. The van der Waals surface area contributed by atoms with Crippen molar-refractivity contribution in [3.63, 3.8) is 0 Å². The standard InChI is InChI=1S/C13H24N2O2/c1-13(5-8-17-9-6-13)10-14-7-4-12(16)15-11-2-3-11/h11,14H,2-10H2,1H3,(H,15,16). The maximum absolute atomic E-state index is 11.5. The molecule has 2 rings (SSSR count). The van der Waals surface area contributed by atoms with Crippen LogP contribution >= 0.6 is 0 Å². The van der Waals surface area contributed by atoms with Crippen molar-refractivity contribution in [1.82, 2.24) is 10.6 Å². The lowest BCUT2D eigenvalue weighted by atomic mass is 9.82. The summed E-state index contributed by atoms with van der Waals surface area (Å²) < 4.78 is 5.37. The maximum atomic E-state index is 11.5. The molecule has 1 amide bonds. The van der Waals surface area contributed by atoms with Crippen molar-refractivity contribution in [2.75, 3.05) is 26.3 Å². The Morgan fingerprint density at radius 3 is 2.71 bits per heavy atom. The van der Waals surface area contributed by atoms with Crippen LogP contribution in [0.25, 0.3) is 0 Å². The van der Waals surface area contributed by atoms with E-state index in [9.17, 15) is 4.79 Å².